The van der Waals surface area contributed by atoms with Crippen molar-refractivity contribution >= 4 is 11.5 Å². The highest BCUT2D eigenvalue weighted by molar-refractivity contribution is 5.95. The maximum Gasteiger partial charge on any atom is 0.159 e. The van der Waals surface area contributed by atoms with E-state index in [-0.39, 0.29) is 11.9 Å². The monoisotopic (exact) mass is 247 g/mol. The van der Waals surface area contributed by atoms with Crippen LogP contribution in [0.25, 0.3) is 0 Å². The Morgan fingerprint density at radius 2 is 2.22 bits per heavy atom. The van der Waals surface area contributed by atoms with Crippen molar-refractivity contribution in [3.8, 4) is 5.75 Å². The van der Waals surface area contributed by atoms with E-state index in [1.165, 1.54) is 0 Å². The molecule has 0 N–H and O–H groups in total. The van der Waals surface area contributed by atoms with Gasteiger partial charge in [-0.1, -0.05) is 6.92 Å². The van der Waals surface area contributed by atoms with Crippen LogP contribution in [0.2, 0.25) is 0 Å². The lowest BCUT2D eigenvalue weighted by Gasteiger charge is -2.38. The molecule has 0 saturated carbocycles. The molecule has 0 bridgehead atoms. The van der Waals surface area contributed by atoms with Crippen LogP contribution in [0.5, 0.6) is 5.75 Å². The molecule has 0 radical (unpaired) electrons. The van der Waals surface area contributed by atoms with Crippen molar-refractivity contribution in [3.05, 3.63) is 23.8 Å². The van der Waals surface area contributed by atoms with Gasteiger partial charge in [-0.05, 0) is 45.4 Å². The summed E-state index contributed by atoms with van der Waals surface area (Å²) < 4.78 is 5.94. The van der Waals surface area contributed by atoms with E-state index in [1.54, 1.807) is 6.92 Å². The normalized spacial score (nSPS) is 18.5. The Hall–Kier alpha value is -1.51. The smallest absolute Gasteiger partial charge is 0.159 e. The van der Waals surface area contributed by atoms with Crippen molar-refractivity contribution in [2.24, 2.45) is 0 Å². The second-order valence-corrected chi connectivity index (χ2v) is 5.13. The number of anilines is 1. The number of fused-ring (bicyclic) bond motifs is 1. The van der Waals surface area contributed by atoms with E-state index in [1.807, 2.05) is 18.2 Å². The van der Waals surface area contributed by atoms with Crippen LogP contribution in [0.4, 0.5) is 5.69 Å². The standard InChI is InChI=1S/C15H21NO2/c1-5-13-9-16(10(2)3)14-8-12(11(4)17)6-7-15(14)18-13/h6-8,10,13H,5,9H2,1-4H3. The molecule has 0 saturated heterocycles. The van der Waals surface area contributed by atoms with Gasteiger partial charge in [-0.25, -0.2) is 0 Å². The minimum Gasteiger partial charge on any atom is -0.486 e. The van der Waals surface area contributed by atoms with Crippen molar-refractivity contribution in [1.29, 1.82) is 0 Å². The summed E-state index contributed by atoms with van der Waals surface area (Å²) in [6, 6.07) is 6.12. The van der Waals surface area contributed by atoms with Gasteiger partial charge in [-0.2, -0.15) is 0 Å². The molecule has 1 atom stereocenters. The largest absolute Gasteiger partial charge is 0.486 e. The summed E-state index contributed by atoms with van der Waals surface area (Å²) in [5, 5.41) is 0. The lowest BCUT2D eigenvalue weighted by atomic mass is 10.1. The molecule has 2 rings (SSSR count). The number of hydrogen-bond donors (Lipinski definition) is 0. The topological polar surface area (TPSA) is 29.5 Å². The average Bonchev–Trinajstić information content (AvgIpc) is 2.36. The van der Waals surface area contributed by atoms with Crippen molar-refractivity contribution in [2.75, 3.05) is 11.4 Å². The fourth-order valence-corrected chi connectivity index (χ4v) is 2.30. The number of Topliss-reactive ketones (excluding diaryl/α,β-unsaturated/α-hetero) is 1. The van der Waals surface area contributed by atoms with Gasteiger partial charge in [0.2, 0.25) is 0 Å². The summed E-state index contributed by atoms with van der Waals surface area (Å²) in [4.78, 5) is 13.8. The molecular weight excluding hydrogens is 226 g/mol. The van der Waals surface area contributed by atoms with E-state index in [0.717, 1.165) is 30.0 Å². The van der Waals surface area contributed by atoms with E-state index in [9.17, 15) is 4.79 Å². The van der Waals surface area contributed by atoms with Crippen LogP contribution in [0, 0.1) is 0 Å². The first kappa shape index (κ1) is 12.9. The quantitative estimate of drug-likeness (QED) is 0.768. The van der Waals surface area contributed by atoms with Crippen LogP contribution in [0.15, 0.2) is 18.2 Å². The van der Waals surface area contributed by atoms with Crippen LogP contribution < -0.4 is 9.64 Å². The minimum atomic E-state index is 0.0964. The number of ketones is 1. The Morgan fingerprint density at radius 1 is 1.50 bits per heavy atom. The average molecular weight is 247 g/mol. The van der Waals surface area contributed by atoms with Crippen LogP contribution in [0.3, 0.4) is 0 Å². The molecule has 1 aliphatic heterocycles. The first-order valence-corrected chi connectivity index (χ1v) is 6.61. The first-order valence-electron chi connectivity index (χ1n) is 6.61. The number of carbonyl (C=O) groups is 1. The summed E-state index contributed by atoms with van der Waals surface area (Å²) in [5.41, 5.74) is 1.79. The van der Waals surface area contributed by atoms with Gasteiger partial charge in [0.15, 0.2) is 5.78 Å². The van der Waals surface area contributed by atoms with Crippen molar-refractivity contribution < 1.29 is 9.53 Å². The van der Waals surface area contributed by atoms with Gasteiger partial charge in [0.05, 0.1) is 12.2 Å². The number of nitrogens with zero attached hydrogens (tertiary/aromatic N) is 1. The van der Waals surface area contributed by atoms with Crippen LogP contribution >= 0.6 is 0 Å². The second-order valence-electron chi connectivity index (χ2n) is 5.13. The molecule has 0 aromatic heterocycles. The zero-order chi connectivity index (χ0) is 13.3. The maximum atomic E-state index is 11.5. The molecule has 98 valence electrons. The van der Waals surface area contributed by atoms with E-state index in [4.69, 9.17) is 4.74 Å². The summed E-state index contributed by atoms with van der Waals surface area (Å²) in [6.07, 6.45) is 1.24. The van der Waals surface area contributed by atoms with Crippen molar-refractivity contribution in [3.63, 3.8) is 0 Å². The summed E-state index contributed by atoms with van der Waals surface area (Å²) in [5.74, 6) is 0.992. The van der Waals surface area contributed by atoms with E-state index >= 15 is 0 Å². The van der Waals surface area contributed by atoms with Crippen LogP contribution in [-0.2, 0) is 0 Å². The van der Waals surface area contributed by atoms with Gasteiger partial charge in [-0.3, -0.25) is 4.79 Å². The zero-order valence-corrected chi connectivity index (χ0v) is 11.6. The molecule has 1 aromatic carbocycles. The minimum absolute atomic E-state index is 0.0964. The summed E-state index contributed by atoms with van der Waals surface area (Å²) in [7, 11) is 0. The van der Waals surface area contributed by atoms with Gasteiger partial charge in [0.1, 0.15) is 11.9 Å². The molecule has 18 heavy (non-hydrogen) atoms. The molecule has 3 heteroatoms. The van der Waals surface area contributed by atoms with Gasteiger partial charge >= 0.3 is 0 Å². The van der Waals surface area contributed by atoms with Gasteiger partial charge in [0.25, 0.3) is 0 Å². The first-order chi connectivity index (χ1) is 8.52. The highest BCUT2D eigenvalue weighted by atomic mass is 16.5. The number of benzene rings is 1. The molecule has 0 amide bonds. The highest BCUT2D eigenvalue weighted by Gasteiger charge is 2.26. The van der Waals surface area contributed by atoms with Gasteiger partial charge in [0, 0.05) is 11.6 Å². The zero-order valence-electron chi connectivity index (χ0n) is 11.6. The Labute approximate surface area is 109 Å². The summed E-state index contributed by atoms with van der Waals surface area (Å²) in [6.45, 7) is 8.96. The predicted octanol–water partition coefficient (Wildman–Crippen LogP) is 3.28. The number of ether oxygens (including phenoxy) is 1. The fraction of sp³-hybridized carbons (Fsp3) is 0.533. The number of rotatable bonds is 3. The van der Waals surface area contributed by atoms with E-state index < -0.39 is 0 Å². The number of carbonyl (C=O) groups excluding carboxylic acids is 1. The molecule has 1 heterocycles. The Bertz CT molecular complexity index is 454. The predicted molar refractivity (Wildman–Crippen MR) is 73.6 cm³/mol. The maximum absolute atomic E-state index is 11.5. The van der Waals surface area contributed by atoms with Crippen molar-refractivity contribution in [1.82, 2.24) is 0 Å². The van der Waals surface area contributed by atoms with Gasteiger partial charge < -0.3 is 9.64 Å². The third-order valence-corrected chi connectivity index (χ3v) is 3.45. The fourth-order valence-electron chi connectivity index (χ4n) is 2.30. The Kier molecular flexibility index (Phi) is 3.60. The van der Waals surface area contributed by atoms with Crippen LogP contribution in [0.1, 0.15) is 44.5 Å². The molecule has 1 aliphatic rings. The lowest BCUT2D eigenvalue weighted by molar-refractivity contribution is 0.101. The Balaban J connectivity index is 2.43. The second kappa shape index (κ2) is 5.01. The third-order valence-electron chi connectivity index (χ3n) is 3.45. The number of hydrogen-bond acceptors (Lipinski definition) is 3. The molecular formula is C15H21NO2. The summed E-state index contributed by atoms with van der Waals surface area (Å²) >= 11 is 0. The molecule has 1 aromatic rings. The van der Waals surface area contributed by atoms with E-state index in [2.05, 4.69) is 25.7 Å². The highest BCUT2D eigenvalue weighted by Crippen LogP contribution is 2.36. The van der Waals surface area contributed by atoms with E-state index in [0.29, 0.717) is 6.04 Å². The molecule has 0 fully saturated rings. The van der Waals surface area contributed by atoms with Crippen LogP contribution in [-0.4, -0.2) is 24.5 Å². The molecule has 0 spiro atoms. The lowest BCUT2D eigenvalue weighted by Crippen LogP contribution is -2.43. The Morgan fingerprint density at radius 3 is 2.78 bits per heavy atom. The molecule has 0 aliphatic carbocycles. The molecule has 1 unspecified atom stereocenters. The van der Waals surface area contributed by atoms with Gasteiger partial charge in [-0.15, -0.1) is 0 Å². The van der Waals surface area contributed by atoms with Crippen molar-refractivity contribution in [2.45, 2.75) is 46.3 Å². The molecule has 3 nitrogen and oxygen atoms in total. The third kappa shape index (κ3) is 2.35. The SMILES string of the molecule is CCC1CN(C(C)C)c2cc(C(C)=O)ccc2O1.